The van der Waals surface area contributed by atoms with Crippen molar-refractivity contribution in [3.05, 3.63) is 29.6 Å². The highest BCUT2D eigenvalue weighted by Crippen LogP contribution is 2.23. The van der Waals surface area contributed by atoms with Gasteiger partial charge in [0, 0.05) is 0 Å². The van der Waals surface area contributed by atoms with Crippen molar-refractivity contribution in [3.8, 4) is 5.75 Å². The number of rotatable bonds is 4. The highest BCUT2D eigenvalue weighted by molar-refractivity contribution is 5.85. The SMILES string of the molecule is CC[C@H](O)[C@H](N)c1ccc(F)c(OC)c1.Cl. The fraction of sp³-hybridized carbons (Fsp3) is 0.455. The number of nitrogens with two attached hydrogens (primary N) is 1. The normalized spacial score (nSPS) is 13.8. The largest absolute Gasteiger partial charge is 0.494 e. The quantitative estimate of drug-likeness (QED) is 0.859. The van der Waals surface area contributed by atoms with Gasteiger partial charge in [0.15, 0.2) is 11.6 Å². The molecule has 0 heterocycles. The highest BCUT2D eigenvalue weighted by atomic mass is 35.5. The Morgan fingerprint density at radius 3 is 2.62 bits per heavy atom. The van der Waals surface area contributed by atoms with E-state index in [-0.39, 0.29) is 18.2 Å². The van der Waals surface area contributed by atoms with E-state index < -0.39 is 18.0 Å². The molecule has 16 heavy (non-hydrogen) atoms. The van der Waals surface area contributed by atoms with Crippen LogP contribution in [-0.2, 0) is 0 Å². The molecule has 0 saturated heterocycles. The predicted octanol–water partition coefficient (Wildman–Crippen LogP) is 2.03. The number of aliphatic hydroxyl groups excluding tert-OH is 1. The van der Waals surface area contributed by atoms with Crippen molar-refractivity contribution in [1.29, 1.82) is 0 Å². The second kappa shape index (κ2) is 6.68. The maximum atomic E-state index is 13.1. The summed E-state index contributed by atoms with van der Waals surface area (Å²) in [7, 11) is 1.39. The summed E-state index contributed by atoms with van der Waals surface area (Å²) in [4.78, 5) is 0. The Labute approximate surface area is 101 Å². The lowest BCUT2D eigenvalue weighted by molar-refractivity contribution is 0.140. The topological polar surface area (TPSA) is 55.5 Å². The average Bonchev–Trinajstić information content (AvgIpc) is 2.27. The molecule has 1 aromatic carbocycles. The number of ether oxygens (including phenoxy) is 1. The maximum absolute atomic E-state index is 13.1. The van der Waals surface area contributed by atoms with Crippen molar-refractivity contribution in [2.24, 2.45) is 5.73 Å². The molecule has 0 aliphatic heterocycles. The minimum absolute atomic E-state index is 0. The van der Waals surface area contributed by atoms with Gasteiger partial charge in [-0.25, -0.2) is 4.39 Å². The smallest absolute Gasteiger partial charge is 0.165 e. The molecule has 5 heteroatoms. The molecule has 3 nitrogen and oxygen atoms in total. The van der Waals surface area contributed by atoms with Crippen LogP contribution in [0.25, 0.3) is 0 Å². The third-order valence-electron chi connectivity index (χ3n) is 2.39. The standard InChI is InChI=1S/C11H16FNO2.ClH/c1-3-9(14)11(13)7-4-5-8(12)10(6-7)15-2;/h4-6,9,11,14H,3,13H2,1-2H3;1H/t9-,11+;/m0./s1. The maximum Gasteiger partial charge on any atom is 0.165 e. The van der Waals surface area contributed by atoms with Crippen LogP contribution in [0.4, 0.5) is 4.39 Å². The van der Waals surface area contributed by atoms with Crippen molar-refractivity contribution in [3.63, 3.8) is 0 Å². The van der Waals surface area contributed by atoms with E-state index in [9.17, 15) is 9.50 Å². The van der Waals surface area contributed by atoms with Gasteiger partial charge in [-0.15, -0.1) is 12.4 Å². The van der Waals surface area contributed by atoms with Gasteiger partial charge >= 0.3 is 0 Å². The molecular formula is C11H17ClFNO2. The van der Waals surface area contributed by atoms with E-state index >= 15 is 0 Å². The van der Waals surface area contributed by atoms with E-state index in [4.69, 9.17) is 10.5 Å². The molecule has 1 aromatic rings. The fourth-order valence-electron chi connectivity index (χ4n) is 1.36. The van der Waals surface area contributed by atoms with E-state index in [1.165, 1.54) is 19.2 Å². The summed E-state index contributed by atoms with van der Waals surface area (Å²) in [6.07, 6.45) is -0.0684. The molecule has 0 aliphatic rings. The van der Waals surface area contributed by atoms with Crippen LogP contribution in [0.15, 0.2) is 18.2 Å². The first-order valence-corrected chi connectivity index (χ1v) is 4.87. The lowest BCUT2D eigenvalue weighted by atomic mass is 10.0. The Balaban J connectivity index is 0.00000225. The number of hydrogen-bond acceptors (Lipinski definition) is 3. The summed E-state index contributed by atoms with van der Waals surface area (Å²) in [6.45, 7) is 1.84. The van der Waals surface area contributed by atoms with Gasteiger partial charge in [0.25, 0.3) is 0 Å². The van der Waals surface area contributed by atoms with Crippen LogP contribution in [0.5, 0.6) is 5.75 Å². The number of aliphatic hydroxyl groups is 1. The molecule has 0 amide bonds. The zero-order valence-electron chi connectivity index (χ0n) is 9.31. The monoisotopic (exact) mass is 249 g/mol. The van der Waals surface area contributed by atoms with Crippen LogP contribution >= 0.6 is 12.4 Å². The lowest BCUT2D eigenvalue weighted by Crippen LogP contribution is -2.25. The summed E-state index contributed by atoms with van der Waals surface area (Å²) >= 11 is 0. The second-order valence-corrected chi connectivity index (χ2v) is 3.40. The van der Waals surface area contributed by atoms with Gasteiger partial charge in [0.05, 0.1) is 19.3 Å². The van der Waals surface area contributed by atoms with Gasteiger partial charge in [-0.1, -0.05) is 13.0 Å². The Morgan fingerprint density at radius 1 is 1.50 bits per heavy atom. The van der Waals surface area contributed by atoms with E-state index in [2.05, 4.69) is 0 Å². The molecule has 3 N–H and O–H groups in total. The Kier molecular flexibility index (Phi) is 6.33. The fourth-order valence-corrected chi connectivity index (χ4v) is 1.36. The summed E-state index contributed by atoms with van der Waals surface area (Å²) < 4.78 is 17.9. The van der Waals surface area contributed by atoms with Gasteiger partial charge in [-0.05, 0) is 24.1 Å². The number of halogens is 2. The van der Waals surface area contributed by atoms with Crippen LogP contribution in [0.1, 0.15) is 24.9 Å². The Bertz CT molecular complexity index is 336. The van der Waals surface area contributed by atoms with E-state index in [1.54, 1.807) is 6.07 Å². The minimum atomic E-state index is -0.625. The third kappa shape index (κ3) is 3.33. The highest BCUT2D eigenvalue weighted by Gasteiger charge is 2.16. The van der Waals surface area contributed by atoms with Gasteiger partial charge < -0.3 is 15.6 Å². The molecule has 0 aliphatic carbocycles. The van der Waals surface area contributed by atoms with E-state index in [1.807, 2.05) is 6.92 Å². The molecule has 0 fully saturated rings. The number of benzene rings is 1. The molecule has 1 rings (SSSR count). The van der Waals surface area contributed by atoms with Crippen LogP contribution < -0.4 is 10.5 Å². The van der Waals surface area contributed by atoms with Crippen molar-refractivity contribution < 1.29 is 14.2 Å². The van der Waals surface area contributed by atoms with E-state index in [0.717, 1.165) is 0 Å². The van der Waals surface area contributed by atoms with Crippen molar-refractivity contribution >= 4 is 12.4 Å². The third-order valence-corrected chi connectivity index (χ3v) is 2.39. The van der Waals surface area contributed by atoms with Crippen molar-refractivity contribution in [2.75, 3.05) is 7.11 Å². The molecule has 0 aromatic heterocycles. The molecular weight excluding hydrogens is 233 g/mol. The summed E-state index contributed by atoms with van der Waals surface area (Å²) in [5, 5.41) is 9.55. The molecule has 0 radical (unpaired) electrons. The molecule has 0 bridgehead atoms. The minimum Gasteiger partial charge on any atom is -0.494 e. The first kappa shape index (κ1) is 15.2. The van der Waals surface area contributed by atoms with Crippen molar-refractivity contribution in [2.45, 2.75) is 25.5 Å². The van der Waals surface area contributed by atoms with Crippen LogP contribution in [0.2, 0.25) is 0 Å². The van der Waals surface area contributed by atoms with Gasteiger partial charge in [-0.3, -0.25) is 0 Å². The van der Waals surface area contributed by atoms with Gasteiger partial charge in [0.1, 0.15) is 0 Å². The van der Waals surface area contributed by atoms with E-state index in [0.29, 0.717) is 12.0 Å². The zero-order chi connectivity index (χ0) is 11.4. The Hall–Kier alpha value is -0.840. The predicted molar refractivity (Wildman–Crippen MR) is 63.4 cm³/mol. The van der Waals surface area contributed by atoms with Crippen LogP contribution in [0, 0.1) is 5.82 Å². The van der Waals surface area contributed by atoms with Crippen LogP contribution in [-0.4, -0.2) is 18.3 Å². The van der Waals surface area contributed by atoms with Crippen LogP contribution in [0.3, 0.4) is 0 Å². The second-order valence-electron chi connectivity index (χ2n) is 3.40. The van der Waals surface area contributed by atoms with Gasteiger partial charge in [-0.2, -0.15) is 0 Å². The zero-order valence-corrected chi connectivity index (χ0v) is 10.1. The molecule has 0 spiro atoms. The Morgan fingerprint density at radius 2 is 2.12 bits per heavy atom. The summed E-state index contributed by atoms with van der Waals surface area (Å²) in [5.74, 6) is -0.286. The molecule has 0 unspecified atom stereocenters. The number of methoxy groups -OCH3 is 1. The summed E-state index contributed by atoms with van der Waals surface area (Å²) in [5.41, 5.74) is 6.46. The van der Waals surface area contributed by atoms with Crippen molar-refractivity contribution in [1.82, 2.24) is 0 Å². The molecule has 92 valence electrons. The first-order valence-electron chi connectivity index (χ1n) is 4.87. The van der Waals surface area contributed by atoms with Gasteiger partial charge in [0.2, 0.25) is 0 Å². The average molecular weight is 250 g/mol. The molecule has 0 saturated carbocycles. The first-order chi connectivity index (χ1) is 7.10. The lowest BCUT2D eigenvalue weighted by Gasteiger charge is -2.18. The molecule has 2 atom stereocenters. The number of hydrogen-bond donors (Lipinski definition) is 2. The summed E-state index contributed by atoms with van der Waals surface area (Å²) in [6, 6.07) is 3.85.